The molecule has 17 heavy (non-hydrogen) atoms. The highest BCUT2D eigenvalue weighted by molar-refractivity contribution is 7.89. The average molecular weight is 263 g/mol. The summed E-state index contributed by atoms with van der Waals surface area (Å²) in [6.07, 6.45) is 1.87. The van der Waals surface area contributed by atoms with E-state index in [1.165, 1.54) is 0 Å². The predicted octanol–water partition coefficient (Wildman–Crippen LogP) is -0.958. The molecule has 100 valence electrons. The summed E-state index contributed by atoms with van der Waals surface area (Å²) >= 11 is 0. The Morgan fingerprint density at radius 3 is 2.82 bits per heavy atom. The maximum atomic E-state index is 11.7. The van der Waals surface area contributed by atoms with Crippen LogP contribution >= 0.6 is 0 Å². The van der Waals surface area contributed by atoms with Crippen molar-refractivity contribution in [1.29, 1.82) is 0 Å². The molecule has 1 fully saturated rings. The fourth-order valence-electron chi connectivity index (χ4n) is 1.82. The fraction of sp³-hybridized carbons (Fsp3) is 0.900. The highest BCUT2D eigenvalue weighted by Crippen LogP contribution is 2.09. The molecule has 1 rings (SSSR count). The summed E-state index contributed by atoms with van der Waals surface area (Å²) < 4.78 is 25.0. The van der Waals surface area contributed by atoms with Crippen LogP contribution in [0, 0.1) is 5.92 Å². The zero-order valence-corrected chi connectivity index (χ0v) is 11.0. The highest BCUT2D eigenvalue weighted by Gasteiger charge is 2.20. The van der Waals surface area contributed by atoms with Gasteiger partial charge in [-0.25, -0.2) is 13.1 Å². The standard InChI is InChI=1S/C10H21N3O3S/c1-2-13-17(15,16)7-6-12-10(14)9-4-3-5-11-8-9/h9,11,13H,2-8H2,1H3,(H,12,14)/t9-/m1/s1. The van der Waals surface area contributed by atoms with Gasteiger partial charge in [0.1, 0.15) is 0 Å². The molecule has 0 radical (unpaired) electrons. The molecule has 1 atom stereocenters. The molecule has 1 amide bonds. The smallest absolute Gasteiger partial charge is 0.224 e. The predicted molar refractivity (Wildman–Crippen MR) is 66.1 cm³/mol. The number of amides is 1. The van der Waals surface area contributed by atoms with Gasteiger partial charge in [-0.1, -0.05) is 6.92 Å². The first-order valence-corrected chi connectivity index (χ1v) is 7.66. The molecule has 1 saturated heterocycles. The van der Waals surface area contributed by atoms with E-state index < -0.39 is 10.0 Å². The molecule has 3 N–H and O–H groups in total. The molecule has 0 unspecified atom stereocenters. The Kier molecular flexibility index (Phi) is 5.87. The number of hydrogen-bond donors (Lipinski definition) is 3. The summed E-state index contributed by atoms with van der Waals surface area (Å²) in [6.45, 7) is 3.92. The van der Waals surface area contributed by atoms with Crippen LogP contribution in [0.4, 0.5) is 0 Å². The first-order valence-electron chi connectivity index (χ1n) is 6.01. The monoisotopic (exact) mass is 263 g/mol. The van der Waals surface area contributed by atoms with Crippen molar-refractivity contribution >= 4 is 15.9 Å². The number of rotatable bonds is 6. The summed E-state index contributed by atoms with van der Waals surface area (Å²) in [4.78, 5) is 11.7. The van der Waals surface area contributed by atoms with E-state index in [0.717, 1.165) is 19.4 Å². The summed E-state index contributed by atoms with van der Waals surface area (Å²) in [5.41, 5.74) is 0. The number of nitrogens with one attached hydrogen (secondary N) is 3. The molecule has 0 bridgehead atoms. The van der Waals surface area contributed by atoms with Crippen LogP contribution < -0.4 is 15.4 Å². The minimum Gasteiger partial charge on any atom is -0.355 e. The summed E-state index contributed by atoms with van der Waals surface area (Å²) in [6, 6.07) is 0. The van der Waals surface area contributed by atoms with Crippen molar-refractivity contribution in [2.24, 2.45) is 5.92 Å². The average Bonchev–Trinajstić information content (AvgIpc) is 2.29. The van der Waals surface area contributed by atoms with E-state index in [0.29, 0.717) is 13.1 Å². The van der Waals surface area contributed by atoms with Gasteiger partial charge in [0.15, 0.2) is 0 Å². The molecule has 1 aliphatic rings. The molecular formula is C10H21N3O3S. The molecule has 0 aromatic carbocycles. The van der Waals surface area contributed by atoms with Crippen LogP contribution in [0.2, 0.25) is 0 Å². The second kappa shape index (κ2) is 6.93. The topological polar surface area (TPSA) is 87.3 Å². The van der Waals surface area contributed by atoms with Gasteiger partial charge in [0.25, 0.3) is 0 Å². The van der Waals surface area contributed by atoms with E-state index in [1.54, 1.807) is 6.92 Å². The van der Waals surface area contributed by atoms with Crippen LogP contribution in [0.25, 0.3) is 0 Å². The van der Waals surface area contributed by atoms with Crippen molar-refractivity contribution in [3.05, 3.63) is 0 Å². The van der Waals surface area contributed by atoms with Crippen molar-refractivity contribution in [2.45, 2.75) is 19.8 Å². The molecule has 1 heterocycles. The maximum absolute atomic E-state index is 11.7. The molecule has 0 aromatic rings. The first kappa shape index (κ1) is 14.4. The lowest BCUT2D eigenvalue weighted by Gasteiger charge is -2.21. The number of carbonyl (C=O) groups excluding carboxylic acids is 1. The number of piperidine rings is 1. The molecular weight excluding hydrogens is 242 g/mol. The van der Waals surface area contributed by atoms with Crippen LogP contribution in [-0.2, 0) is 14.8 Å². The van der Waals surface area contributed by atoms with Crippen molar-refractivity contribution < 1.29 is 13.2 Å². The molecule has 0 saturated carbocycles. The van der Waals surface area contributed by atoms with Gasteiger partial charge in [-0.05, 0) is 19.4 Å². The number of hydrogen-bond acceptors (Lipinski definition) is 4. The van der Waals surface area contributed by atoms with Crippen LogP contribution in [0.1, 0.15) is 19.8 Å². The van der Waals surface area contributed by atoms with Crippen LogP contribution in [0.3, 0.4) is 0 Å². The Balaban J connectivity index is 2.24. The van der Waals surface area contributed by atoms with Gasteiger partial charge < -0.3 is 10.6 Å². The maximum Gasteiger partial charge on any atom is 0.224 e. The van der Waals surface area contributed by atoms with E-state index in [1.807, 2.05) is 0 Å². The lowest BCUT2D eigenvalue weighted by molar-refractivity contribution is -0.125. The second-order valence-corrected chi connectivity index (χ2v) is 6.08. The van der Waals surface area contributed by atoms with Gasteiger partial charge >= 0.3 is 0 Å². The highest BCUT2D eigenvalue weighted by atomic mass is 32.2. The van der Waals surface area contributed by atoms with Crippen LogP contribution in [0.15, 0.2) is 0 Å². The summed E-state index contributed by atoms with van der Waals surface area (Å²) in [7, 11) is -3.24. The second-order valence-electron chi connectivity index (χ2n) is 4.15. The largest absolute Gasteiger partial charge is 0.355 e. The van der Waals surface area contributed by atoms with Gasteiger partial charge in [0, 0.05) is 19.6 Å². The SMILES string of the molecule is CCNS(=O)(=O)CCNC(=O)[C@@H]1CCCNC1. The Morgan fingerprint density at radius 1 is 1.47 bits per heavy atom. The molecule has 6 nitrogen and oxygen atoms in total. The van der Waals surface area contributed by atoms with Crippen molar-refractivity contribution in [3.8, 4) is 0 Å². The molecule has 1 aliphatic heterocycles. The Bertz CT molecular complexity index is 337. The van der Waals surface area contributed by atoms with Gasteiger partial charge in [-0.2, -0.15) is 0 Å². The van der Waals surface area contributed by atoms with Gasteiger partial charge in [0.2, 0.25) is 15.9 Å². The van der Waals surface area contributed by atoms with Crippen molar-refractivity contribution in [3.63, 3.8) is 0 Å². The zero-order chi connectivity index (χ0) is 12.7. The van der Waals surface area contributed by atoms with Crippen LogP contribution in [0.5, 0.6) is 0 Å². The van der Waals surface area contributed by atoms with Gasteiger partial charge in [0.05, 0.1) is 11.7 Å². The Morgan fingerprint density at radius 2 is 2.24 bits per heavy atom. The first-order chi connectivity index (χ1) is 8.05. The van der Waals surface area contributed by atoms with Gasteiger partial charge in [-0.15, -0.1) is 0 Å². The minimum absolute atomic E-state index is 0.0226. The van der Waals surface area contributed by atoms with Gasteiger partial charge in [-0.3, -0.25) is 4.79 Å². The fourth-order valence-corrected chi connectivity index (χ4v) is 2.78. The van der Waals surface area contributed by atoms with Crippen molar-refractivity contribution in [2.75, 3.05) is 31.9 Å². The molecule has 7 heteroatoms. The number of sulfonamides is 1. The zero-order valence-electron chi connectivity index (χ0n) is 10.2. The molecule has 0 aliphatic carbocycles. The number of carbonyl (C=O) groups is 1. The molecule has 0 aromatic heterocycles. The minimum atomic E-state index is -3.24. The quantitative estimate of drug-likeness (QED) is 0.576. The Hall–Kier alpha value is -0.660. The third-order valence-corrected chi connectivity index (χ3v) is 4.17. The Labute approximate surface area is 103 Å². The lowest BCUT2D eigenvalue weighted by Crippen LogP contribution is -2.42. The third kappa shape index (κ3) is 5.47. The van der Waals surface area contributed by atoms with E-state index >= 15 is 0 Å². The van der Waals surface area contributed by atoms with E-state index in [-0.39, 0.29) is 24.1 Å². The summed E-state index contributed by atoms with van der Waals surface area (Å²) in [5, 5.41) is 5.82. The van der Waals surface area contributed by atoms with E-state index in [9.17, 15) is 13.2 Å². The van der Waals surface area contributed by atoms with Crippen molar-refractivity contribution in [1.82, 2.24) is 15.4 Å². The lowest BCUT2D eigenvalue weighted by atomic mass is 9.99. The summed E-state index contributed by atoms with van der Waals surface area (Å²) in [5.74, 6) is -0.137. The normalized spacial score (nSPS) is 21.1. The van der Waals surface area contributed by atoms with E-state index in [2.05, 4.69) is 15.4 Å². The molecule has 0 spiro atoms. The van der Waals surface area contributed by atoms with E-state index in [4.69, 9.17) is 0 Å². The van der Waals surface area contributed by atoms with Crippen LogP contribution in [-0.4, -0.2) is 46.3 Å². The third-order valence-electron chi connectivity index (χ3n) is 2.70.